The second-order valence-corrected chi connectivity index (χ2v) is 8.73. The van der Waals surface area contributed by atoms with E-state index in [1.54, 1.807) is 0 Å². The Morgan fingerprint density at radius 1 is 0.606 bits per heavy atom. The van der Waals surface area contributed by atoms with Crippen molar-refractivity contribution >= 4 is 55.3 Å². The summed E-state index contributed by atoms with van der Waals surface area (Å²) in [5, 5.41) is 5.27. The second-order valence-electron chi connectivity index (χ2n) is 8.32. The van der Waals surface area contributed by atoms with Crippen LogP contribution in [0.5, 0.6) is 0 Å². The highest BCUT2D eigenvalue weighted by Crippen LogP contribution is 2.41. The second kappa shape index (κ2) is 6.99. The van der Waals surface area contributed by atoms with E-state index in [0.717, 1.165) is 60.2 Å². The summed E-state index contributed by atoms with van der Waals surface area (Å²) in [5.41, 5.74) is 7.13. The van der Waals surface area contributed by atoms with Crippen LogP contribution in [0.4, 0.5) is 0 Å². The number of rotatable bonds is 2. The van der Waals surface area contributed by atoms with Gasteiger partial charge in [-0.2, -0.15) is 0 Å². The zero-order valence-corrected chi connectivity index (χ0v) is 18.4. The summed E-state index contributed by atoms with van der Waals surface area (Å²) in [6.45, 7) is 0. The van der Waals surface area contributed by atoms with Crippen molar-refractivity contribution in [2.75, 3.05) is 0 Å². The van der Waals surface area contributed by atoms with Gasteiger partial charge < -0.3 is 8.98 Å². The molecule has 0 radical (unpaired) electrons. The van der Waals surface area contributed by atoms with Crippen molar-refractivity contribution in [1.29, 1.82) is 0 Å². The number of furan rings is 1. The smallest absolute Gasteiger partial charge is 0.143 e. The summed E-state index contributed by atoms with van der Waals surface area (Å²) in [4.78, 5) is 0. The third kappa shape index (κ3) is 2.68. The molecule has 3 heteroatoms. The van der Waals surface area contributed by atoms with Crippen molar-refractivity contribution < 1.29 is 4.42 Å². The third-order valence-corrected chi connectivity index (χ3v) is 6.74. The third-order valence-electron chi connectivity index (χ3n) is 6.45. The molecular formula is C30H18ClNO. The molecule has 0 atom stereocenters. The SMILES string of the molecule is Clc1cc(-c2cccc3c2oc2ccccc23)cc2c3ccccc3n(-c3ccccc3)c12. The molecule has 0 fully saturated rings. The lowest BCUT2D eigenvalue weighted by Gasteiger charge is -2.10. The van der Waals surface area contributed by atoms with Gasteiger partial charge in [0.2, 0.25) is 0 Å². The fourth-order valence-electron chi connectivity index (χ4n) is 5.02. The van der Waals surface area contributed by atoms with E-state index < -0.39 is 0 Å². The van der Waals surface area contributed by atoms with Crippen LogP contribution in [0.3, 0.4) is 0 Å². The predicted molar refractivity (Wildman–Crippen MR) is 139 cm³/mol. The lowest BCUT2D eigenvalue weighted by atomic mass is 10.00. The maximum Gasteiger partial charge on any atom is 0.143 e. The van der Waals surface area contributed by atoms with Gasteiger partial charge in [0, 0.05) is 32.8 Å². The number of para-hydroxylation sites is 4. The largest absolute Gasteiger partial charge is 0.455 e. The molecule has 0 saturated heterocycles. The van der Waals surface area contributed by atoms with E-state index in [1.165, 1.54) is 5.39 Å². The van der Waals surface area contributed by atoms with E-state index in [4.69, 9.17) is 16.0 Å². The van der Waals surface area contributed by atoms with Gasteiger partial charge in [0.15, 0.2) is 0 Å². The lowest BCUT2D eigenvalue weighted by Crippen LogP contribution is -1.93. The molecule has 0 aliphatic carbocycles. The quantitative estimate of drug-likeness (QED) is 0.260. The lowest BCUT2D eigenvalue weighted by molar-refractivity contribution is 0.670. The van der Waals surface area contributed by atoms with E-state index in [0.29, 0.717) is 0 Å². The molecule has 0 spiro atoms. The van der Waals surface area contributed by atoms with E-state index in [2.05, 4.69) is 89.5 Å². The molecule has 33 heavy (non-hydrogen) atoms. The van der Waals surface area contributed by atoms with Crippen molar-refractivity contribution in [3.63, 3.8) is 0 Å². The van der Waals surface area contributed by atoms with Crippen LogP contribution in [0.2, 0.25) is 5.02 Å². The molecule has 5 aromatic carbocycles. The highest BCUT2D eigenvalue weighted by molar-refractivity contribution is 6.37. The predicted octanol–water partition coefficient (Wildman–Crippen LogP) is 9.00. The maximum atomic E-state index is 7.02. The van der Waals surface area contributed by atoms with E-state index in [9.17, 15) is 0 Å². The molecule has 7 rings (SSSR count). The Hall–Kier alpha value is -4.01. The van der Waals surface area contributed by atoms with Gasteiger partial charge >= 0.3 is 0 Å². The number of hydrogen-bond donors (Lipinski definition) is 0. The summed E-state index contributed by atoms with van der Waals surface area (Å²) in [6.07, 6.45) is 0. The van der Waals surface area contributed by atoms with Gasteiger partial charge in [-0.05, 0) is 42.0 Å². The zero-order chi connectivity index (χ0) is 21.9. The fraction of sp³-hybridized carbons (Fsp3) is 0. The first kappa shape index (κ1) is 18.6. The first-order chi connectivity index (χ1) is 16.3. The average molecular weight is 444 g/mol. The Morgan fingerprint density at radius 3 is 2.21 bits per heavy atom. The van der Waals surface area contributed by atoms with Crippen molar-refractivity contribution in [2.45, 2.75) is 0 Å². The Kier molecular flexibility index (Phi) is 3.93. The molecule has 2 heterocycles. The van der Waals surface area contributed by atoms with Crippen LogP contribution >= 0.6 is 11.6 Å². The molecule has 0 N–H and O–H groups in total. The van der Waals surface area contributed by atoms with Gasteiger partial charge in [-0.25, -0.2) is 0 Å². The number of fused-ring (bicyclic) bond motifs is 6. The number of benzene rings is 5. The molecule has 0 aliphatic heterocycles. The molecule has 2 nitrogen and oxygen atoms in total. The van der Waals surface area contributed by atoms with Gasteiger partial charge in [-0.1, -0.05) is 84.4 Å². The minimum atomic E-state index is 0.718. The van der Waals surface area contributed by atoms with Crippen LogP contribution < -0.4 is 0 Å². The first-order valence-corrected chi connectivity index (χ1v) is 11.4. The van der Waals surface area contributed by atoms with Crippen LogP contribution in [0, 0.1) is 0 Å². The summed E-state index contributed by atoms with van der Waals surface area (Å²) >= 11 is 7.02. The monoisotopic (exact) mass is 443 g/mol. The zero-order valence-electron chi connectivity index (χ0n) is 17.6. The van der Waals surface area contributed by atoms with Crippen LogP contribution in [-0.2, 0) is 0 Å². The van der Waals surface area contributed by atoms with E-state index in [1.807, 2.05) is 24.3 Å². The van der Waals surface area contributed by atoms with Crippen molar-refractivity contribution in [3.8, 4) is 16.8 Å². The molecular weight excluding hydrogens is 426 g/mol. The summed E-state index contributed by atoms with van der Waals surface area (Å²) in [5.74, 6) is 0. The topological polar surface area (TPSA) is 18.1 Å². The summed E-state index contributed by atoms with van der Waals surface area (Å²) < 4.78 is 8.55. The number of aromatic nitrogens is 1. The van der Waals surface area contributed by atoms with Gasteiger partial charge in [-0.15, -0.1) is 0 Å². The van der Waals surface area contributed by atoms with E-state index >= 15 is 0 Å². The van der Waals surface area contributed by atoms with Gasteiger partial charge in [-0.3, -0.25) is 0 Å². The average Bonchev–Trinajstić information content (AvgIpc) is 3.41. The molecule has 7 aromatic rings. The minimum absolute atomic E-state index is 0.718. The molecule has 0 saturated carbocycles. The Morgan fingerprint density at radius 2 is 1.33 bits per heavy atom. The molecule has 156 valence electrons. The number of hydrogen-bond acceptors (Lipinski definition) is 1. The number of halogens is 1. The molecule has 0 aliphatic rings. The van der Waals surface area contributed by atoms with Gasteiger partial charge in [0.05, 0.1) is 16.1 Å². The Bertz CT molecular complexity index is 1830. The number of nitrogens with zero attached hydrogens (tertiary/aromatic N) is 1. The van der Waals surface area contributed by atoms with Crippen molar-refractivity contribution in [3.05, 3.63) is 114 Å². The van der Waals surface area contributed by atoms with Crippen LogP contribution in [0.1, 0.15) is 0 Å². The van der Waals surface area contributed by atoms with E-state index in [-0.39, 0.29) is 0 Å². The minimum Gasteiger partial charge on any atom is -0.455 e. The van der Waals surface area contributed by atoms with Gasteiger partial charge in [0.1, 0.15) is 11.2 Å². The first-order valence-electron chi connectivity index (χ1n) is 11.0. The van der Waals surface area contributed by atoms with Gasteiger partial charge in [0.25, 0.3) is 0 Å². The highest BCUT2D eigenvalue weighted by Gasteiger charge is 2.18. The Labute approximate surface area is 195 Å². The summed E-state index contributed by atoms with van der Waals surface area (Å²) in [7, 11) is 0. The standard InChI is InChI=1S/C30H18ClNO/c31-26-18-19(21-13-8-14-24-23-12-5-7-16-28(23)33-30(21)24)17-25-22-11-4-6-15-27(22)32(29(25)26)20-9-2-1-3-10-20/h1-18H. The van der Waals surface area contributed by atoms with Crippen LogP contribution in [-0.4, -0.2) is 4.57 Å². The summed E-state index contributed by atoms with van der Waals surface area (Å²) in [6, 6.07) is 37.6. The molecule has 0 unspecified atom stereocenters. The fourth-order valence-corrected chi connectivity index (χ4v) is 5.33. The van der Waals surface area contributed by atoms with Crippen LogP contribution in [0.15, 0.2) is 114 Å². The highest BCUT2D eigenvalue weighted by atomic mass is 35.5. The normalized spacial score (nSPS) is 11.8. The molecule has 0 bridgehead atoms. The van der Waals surface area contributed by atoms with Crippen molar-refractivity contribution in [2.24, 2.45) is 0 Å². The Balaban J connectivity index is 1.57. The maximum absolute atomic E-state index is 7.02. The van der Waals surface area contributed by atoms with Crippen molar-refractivity contribution in [1.82, 2.24) is 4.57 Å². The van der Waals surface area contributed by atoms with Crippen LogP contribution in [0.25, 0.3) is 60.6 Å². The molecule has 0 amide bonds. The molecule has 2 aromatic heterocycles.